The van der Waals surface area contributed by atoms with Crippen LogP contribution in [0.15, 0.2) is 0 Å². The van der Waals surface area contributed by atoms with Gasteiger partial charge in [0.15, 0.2) is 5.78 Å². The highest BCUT2D eigenvalue weighted by molar-refractivity contribution is 5.88. The predicted octanol–water partition coefficient (Wildman–Crippen LogP) is 0.490. The maximum Gasteiger partial charge on any atom is 0.164 e. The third kappa shape index (κ3) is 0.757. The summed E-state index contributed by atoms with van der Waals surface area (Å²) in [6.07, 6.45) is 2.06. The van der Waals surface area contributed by atoms with Gasteiger partial charge in [0.1, 0.15) is 5.60 Å². The van der Waals surface area contributed by atoms with Crippen molar-refractivity contribution in [2.45, 2.75) is 31.8 Å². The first-order valence-corrected chi connectivity index (χ1v) is 2.88. The SMILES string of the molecule is C[C@@]1(O)CCCC1=O. The Labute approximate surface area is 48.5 Å². The molecule has 1 aliphatic carbocycles. The molecule has 0 radical (unpaired) electrons. The van der Waals surface area contributed by atoms with Gasteiger partial charge in [-0.1, -0.05) is 0 Å². The van der Waals surface area contributed by atoms with Crippen molar-refractivity contribution in [1.82, 2.24) is 0 Å². The molecule has 1 N–H and O–H groups in total. The van der Waals surface area contributed by atoms with Gasteiger partial charge in [0.05, 0.1) is 0 Å². The van der Waals surface area contributed by atoms with Crippen molar-refractivity contribution in [3.63, 3.8) is 0 Å². The maximum absolute atomic E-state index is 10.6. The van der Waals surface area contributed by atoms with Gasteiger partial charge in [0.2, 0.25) is 0 Å². The van der Waals surface area contributed by atoms with Crippen LogP contribution in [0.1, 0.15) is 26.2 Å². The van der Waals surface area contributed by atoms with Crippen LogP contribution < -0.4 is 0 Å². The van der Waals surface area contributed by atoms with Crippen LogP contribution >= 0.6 is 0 Å². The number of hydrogen-bond donors (Lipinski definition) is 1. The molecular formula is C6H10O2. The minimum Gasteiger partial charge on any atom is -0.382 e. The van der Waals surface area contributed by atoms with Gasteiger partial charge in [-0.15, -0.1) is 0 Å². The molecule has 0 aromatic rings. The van der Waals surface area contributed by atoms with E-state index in [2.05, 4.69) is 0 Å². The average Bonchev–Trinajstić information content (AvgIpc) is 1.86. The third-order valence-corrected chi connectivity index (χ3v) is 1.67. The van der Waals surface area contributed by atoms with Crippen molar-refractivity contribution in [2.75, 3.05) is 0 Å². The van der Waals surface area contributed by atoms with Crippen LogP contribution in [0.2, 0.25) is 0 Å². The second-order valence-electron chi connectivity index (χ2n) is 2.55. The first kappa shape index (κ1) is 5.76. The summed E-state index contributed by atoms with van der Waals surface area (Å²) in [6, 6.07) is 0. The molecule has 1 rings (SSSR count). The summed E-state index contributed by atoms with van der Waals surface area (Å²) in [5.74, 6) is -0.00231. The van der Waals surface area contributed by atoms with Crippen LogP contribution in [-0.2, 0) is 4.79 Å². The van der Waals surface area contributed by atoms with Gasteiger partial charge in [-0.2, -0.15) is 0 Å². The van der Waals surface area contributed by atoms with E-state index in [4.69, 9.17) is 5.11 Å². The van der Waals surface area contributed by atoms with Crippen molar-refractivity contribution in [3.8, 4) is 0 Å². The number of aliphatic hydroxyl groups is 1. The lowest BCUT2D eigenvalue weighted by molar-refractivity contribution is -0.131. The number of Topliss-reactive ketones (excluding diaryl/α,β-unsaturated/α-hetero) is 1. The Morgan fingerprint density at radius 3 is 2.50 bits per heavy atom. The lowest BCUT2D eigenvalue weighted by atomic mass is 10.1. The molecule has 0 spiro atoms. The number of rotatable bonds is 0. The van der Waals surface area contributed by atoms with E-state index in [1.54, 1.807) is 6.92 Å². The molecule has 46 valence electrons. The smallest absolute Gasteiger partial charge is 0.164 e. The molecule has 1 atom stereocenters. The number of carbonyl (C=O) groups is 1. The molecule has 0 saturated heterocycles. The highest BCUT2D eigenvalue weighted by Gasteiger charge is 2.34. The minimum absolute atomic E-state index is 0.00231. The Balaban J connectivity index is 2.68. The molecule has 0 aromatic heterocycles. The molecule has 1 fully saturated rings. The number of carbonyl (C=O) groups excluding carboxylic acids is 1. The van der Waals surface area contributed by atoms with Gasteiger partial charge in [-0.3, -0.25) is 4.79 Å². The van der Waals surface area contributed by atoms with Gasteiger partial charge in [0, 0.05) is 6.42 Å². The first-order valence-electron chi connectivity index (χ1n) is 2.88. The van der Waals surface area contributed by atoms with Gasteiger partial charge in [0.25, 0.3) is 0 Å². The van der Waals surface area contributed by atoms with Crippen molar-refractivity contribution in [2.24, 2.45) is 0 Å². The van der Waals surface area contributed by atoms with Gasteiger partial charge >= 0.3 is 0 Å². The zero-order valence-electron chi connectivity index (χ0n) is 4.98. The average molecular weight is 114 g/mol. The molecule has 0 aromatic carbocycles. The van der Waals surface area contributed by atoms with Gasteiger partial charge in [-0.05, 0) is 19.8 Å². The molecule has 8 heavy (non-hydrogen) atoms. The van der Waals surface area contributed by atoms with E-state index in [1.165, 1.54) is 0 Å². The summed E-state index contributed by atoms with van der Waals surface area (Å²) in [4.78, 5) is 10.6. The predicted molar refractivity (Wildman–Crippen MR) is 29.5 cm³/mol. The van der Waals surface area contributed by atoms with E-state index >= 15 is 0 Å². The quantitative estimate of drug-likeness (QED) is 0.497. The molecule has 1 aliphatic rings. The maximum atomic E-state index is 10.6. The second kappa shape index (κ2) is 1.55. The Morgan fingerprint density at radius 1 is 1.75 bits per heavy atom. The van der Waals surface area contributed by atoms with Crippen LogP contribution in [0.25, 0.3) is 0 Å². The van der Waals surface area contributed by atoms with E-state index in [0.717, 1.165) is 6.42 Å². The van der Waals surface area contributed by atoms with Gasteiger partial charge in [-0.25, -0.2) is 0 Å². The lowest BCUT2D eigenvalue weighted by Gasteiger charge is -2.11. The Hall–Kier alpha value is -0.370. The third-order valence-electron chi connectivity index (χ3n) is 1.67. The Bertz CT molecular complexity index is 116. The molecule has 1 saturated carbocycles. The fourth-order valence-corrected chi connectivity index (χ4v) is 1.00. The monoisotopic (exact) mass is 114 g/mol. The fraction of sp³-hybridized carbons (Fsp3) is 0.833. The standard InChI is InChI=1S/C6H10O2/c1-6(8)4-2-3-5(6)7/h8H,2-4H2,1H3/t6-/m1/s1. The van der Waals surface area contributed by atoms with Crippen molar-refractivity contribution < 1.29 is 9.90 Å². The summed E-state index contributed by atoms with van der Waals surface area (Å²) in [6.45, 7) is 1.59. The molecule has 0 heterocycles. The van der Waals surface area contributed by atoms with Crippen molar-refractivity contribution >= 4 is 5.78 Å². The van der Waals surface area contributed by atoms with Crippen LogP contribution in [0.4, 0.5) is 0 Å². The second-order valence-corrected chi connectivity index (χ2v) is 2.55. The van der Waals surface area contributed by atoms with Crippen LogP contribution in [0, 0.1) is 0 Å². The van der Waals surface area contributed by atoms with Gasteiger partial charge < -0.3 is 5.11 Å². The van der Waals surface area contributed by atoms with Crippen LogP contribution in [0.3, 0.4) is 0 Å². The van der Waals surface area contributed by atoms with Crippen LogP contribution in [0.5, 0.6) is 0 Å². The topological polar surface area (TPSA) is 37.3 Å². The zero-order valence-corrected chi connectivity index (χ0v) is 4.98. The van der Waals surface area contributed by atoms with Crippen molar-refractivity contribution in [3.05, 3.63) is 0 Å². The summed E-state index contributed by atoms with van der Waals surface area (Å²) < 4.78 is 0. The van der Waals surface area contributed by atoms with E-state index in [-0.39, 0.29) is 5.78 Å². The van der Waals surface area contributed by atoms with E-state index in [9.17, 15) is 4.79 Å². The normalized spacial score (nSPS) is 38.5. The Morgan fingerprint density at radius 2 is 2.38 bits per heavy atom. The summed E-state index contributed by atoms with van der Waals surface area (Å²) in [7, 11) is 0. The molecule has 2 heteroatoms. The summed E-state index contributed by atoms with van der Waals surface area (Å²) >= 11 is 0. The van der Waals surface area contributed by atoms with E-state index < -0.39 is 5.60 Å². The molecule has 0 unspecified atom stereocenters. The summed E-state index contributed by atoms with van der Waals surface area (Å²) in [5.41, 5.74) is -0.986. The zero-order chi connectivity index (χ0) is 6.20. The molecule has 0 aliphatic heterocycles. The minimum atomic E-state index is -0.986. The molecular weight excluding hydrogens is 104 g/mol. The fourth-order valence-electron chi connectivity index (χ4n) is 1.00. The highest BCUT2D eigenvalue weighted by atomic mass is 16.3. The highest BCUT2D eigenvalue weighted by Crippen LogP contribution is 2.24. The largest absolute Gasteiger partial charge is 0.382 e. The first-order chi connectivity index (χ1) is 3.63. The summed E-state index contributed by atoms with van der Waals surface area (Å²) in [5, 5.41) is 9.11. The van der Waals surface area contributed by atoms with Crippen LogP contribution in [-0.4, -0.2) is 16.5 Å². The molecule has 2 nitrogen and oxygen atoms in total. The number of hydrogen-bond acceptors (Lipinski definition) is 2. The van der Waals surface area contributed by atoms with E-state index in [1.807, 2.05) is 0 Å². The Kier molecular flexibility index (Phi) is 1.12. The van der Waals surface area contributed by atoms with E-state index in [0.29, 0.717) is 12.8 Å². The number of ketones is 1. The van der Waals surface area contributed by atoms with Crippen molar-refractivity contribution in [1.29, 1.82) is 0 Å². The molecule has 0 amide bonds. The molecule has 0 bridgehead atoms. The lowest BCUT2D eigenvalue weighted by Crippen LogP contribution is -2.28.